The summed E-state index contributed by atoms with van der Waals surface area (Å²) in [6, 6.07) is 12.8. The van der Waals surface area contributed by atoms with Crippen LogP contribution >= 0.6 is 0 Å². The van der Waals surface area contributed by atoms with E-state index in [-0.39, 0.29) is 0 Å². The summed E-state index contributed by atoms with van der Waals surface area (Å²) in [6.45, 7) is 2.50. The maximum absolute atomic E-state index is 11.2. The standard InChI is InChI=1S/C24H26O6/c1-4-29-23(24(25)26)16-18-9-11-20(12-10-18)30-13-7-5-6-8-19-14-21(27-2)17-22(15-19)28-3/h5,7,9-12,14-15,17,23H,4,13,16H2,1-3H3,(H,25,26). The predicted octanol–water partition coefficient (Wildman–Crippen LogP) is 3.72. The monoisotopic (exact) mass is 410 g/mol. The molecule has 158 valence electrons. The normalized spacial score (nSPS) is 11.4. The Morgan fingerprint density at radius 2 is 1.73 bits per heavy atom. The van der Waals surface area contributed by atoms with E-state index >= 15 is 0 Å². The molecule has 0 saturated heterocycles. The van der Waals surface area contributed by atoms with Crippen LogP contribution in [0.2, 0.25) is 0 Å². The second-order valence-electron chi connectivity index (χ2n) is 6.21. The zero-order valence-corrected chi connectivity index (χ0v) is 17.4. The van der Waals surface area contributed by atoms with Crippen LogP contribution in [0.1, 0.15) is 18.1 Å². The van der Waals surface area contributed by atoms with Crippen molar-refractivity contribution >= 4 is 5.97 Å². The van der Waals surface area contributed by atoms with Crippen LogP contribution in [0.5, 0.6) is 17.2 Å². The van der Waals surface area contributed by atoms with Gasteiger partial charge in [0.05, 0.1) is 14.2 Å². The smallest absolute Gasteiger partial charge is 0.333 e. The average Bonchev–Trinajstić information content (AvgIpc) is 2.76. The molecule has 6 nitrogen and oxygen atoms in total. The fraction of sp³-hybridized carbons (Fsp3) is 0.292. The van der Waals surface area contributed by atoms with Gasteiger partial charge in [0.1, 0.15) is 23.9 Å². The Labute approximate surface area is 177 Å². The van der Waals surface area contributed by atoms with E-state index in [0.717, 1.165) is 11.1 Å². The van der Waals surface area contributed by atoms with Crippen molar-refractivity contribution in [3.05, 3.63) is 65.7 Å². The Kier molecular flexibility index (Phi) is 9.29. The summed E-state index contributed by atoms with van der Waals surface area (Å²) in [4.78, 5) is 11.2. The van der Waals surface area contributed by atoms with Gasteiger partial charge in [-0.2, -0.15) is 0 Å². The first-order valence-electron chi connectivity index (χ1n) is 9.51. The molecule has 0 saturated carbocycles. The summed E-state index contributed by atoms with van der Waals surface area (Å²) in [7, 11) is 3.19. The number of hydrogen-bond donors (Lipinski definition) is 1. The molecule has 0 fully saturated rings. The van der Waals surface area contributed by atoms with Gasteiger partial charge in [0.2, 0.25) is 0 Å². The molecule has 0 aromatic heterocycles. The Hall–Kier alpha value is -3.43. The van der Waals surface area contributed by atoms with Gasteiger partial charge in [-0.15, -0.1) is 0 Å². The molecule has 30 heavy (non-hydrogen) atoms. The van der Waals surface area contributed by atoms with E-state index in [0.29, 0.717) is 36.9 Å². The van der Waals surface area contributed by atoms with Gasteiger partial charge >= 0.3 is 5.97 Å². The van der Waals surface area contributed by atoms with Gasteiger partial charge in [0.15, 0.2) is 6.10 Å². The van der Waals surface area contributed by atoms with E-state index in [2.05, 4.69) is 11.8 Å². The number of benzene rings is 2. The van der Waals surface area contributed by atoms with Gasteiger partial charge < -0.3 is 24.1 Å². The molecule has 0 aliphatic heterocycles. The highest BCUT2D eigenvalue weighted by molar-refractivity contribution is 5.72. The van der Waals surface area contributed by atoms with Gasteiger partial charge in [-0.3, -0.25) is 0 Å². The molecule has 0 bridgehead atoms. The van der Waals surface area contributed by atoms with E-state index in [1.165, 1.54) is 0 Å². The molecule has 0 spiro atoms. The lowest BCUT2D eigenvalue weighted by atomic mass is 10.1. The summed E-state index contributed by atoms with van der Waals surface area (Å²) in [5, 5.41) is 9.15. The number of carbonyl (C=O) groups is 1. The van der Waals surface area contributed by atoms with Crippen LogP contribution in [0.25, 0.3) is 0 Å². The summed E-state index contributed by atoms with van der Waals surface area (Å²) in [6.07, 6.45) is 3.01. The van der Waals surface area contributed by atoms with Crippen molar-refractivity contribution in [1.82, 2.24) is 0 Å². The van der Waals surface area contributed by atoms with Gasteiger partial charge in [0.25, 0.3) is 0 Å². The minimum atomic E-state index is -0.962. The minimum absolute atomic E-state index is 0.313. The maximum Gasteiger partial charge on any atom is 0.333 e. The van der Waals surface area contributed by atoms with Gasteiger partial charge in [0, 0.05) is 24.7 Å². The Balaban J connectivity index is 1.85. The number of methoxy groups -OCH3 is 2. The largest absolute Gasteiger partial charge is 0.497 e. The van der Waals surface area contributed by atoms with Crippen LogP contribution in [-0.4, -0.2) is 44.6 Å². The third-order valence-corrected chi connectivity index (χ3v) is 4.10. The van der Waals surface area contributed by atoms with E-state index in [9.17, 15) is 4.79 Å². The number of ether oxygens (including phenoxy) is 4. The molecule has 2 rings (SSSR count). The van der Waals surface area contributed by atoms with Gasteiger partial charge in [-0.1, -0.05) is 24.0 Å². The first-order valence-corrected chi connectivity index (χ1v) is 9.51. The number of allylic oxidation sites excluding steroid dienone is 1. The van der Waals surface area contributed by atoms with Crippen molar-refractivity contribution in [2.45, 2.75) is 19.4 Å². The van der Waals surface area contributed by atoms with Crippen molar-refractivity contribution < 1.29 is 28.8 Å². The van der Waals surface area contributed by atoms with Crippen molar-refractivity contribution in [3.63, 3.8) is 0 Å². The number of aliphatic carboxylic acids is 1. The zero-order chi connectivity index (χ0) is 21.8. The summed E-state index contributed by atoms with van der Waals surface area (Å²) < 4.78 is 21.3. The molecule has 0 amide bonds. The van der Waals surface area contributed by atoms with Crippen molar-refractivity contribution in [2.75, 3.05) is 27.4 Å². The lowest BCUT2D eigenvalue weighted by molar-refractivity contribution is -0.149. The molecule has 0 aliphatic rings. The van der Waals surface area contributed by atoms with Crippen molar-refractivity contribution in [3.8, 4) is 29.1 Å². The third-order valence-electron chi connectivity index (χ3n) is 4.10. The summed E-state index contributed by atoms with van der Waals surface area (Å²) >= 11 is 0. The SMILES string of the molecule is CCOC(Cc1ccc(OCC=CC#Cc2cc(OC)cc(OC)c2)cc1)C(=O)O. The first-order chi connectivity index (χ1) is 14.5. The van der Waals surface area contributed by atoms with Crippen LogP contribution in [-0.2, 0) is 16.0 Å². The molecular weight excluding hydrogens is 384 g/mol. The zero-order valence-electron chi connectivity index (χ0n) is 17.4. The molecule has 1 atom stereocenters. The van der Waals surface area contributed by atoms with E-state index in [1.54, 1.807) is 33.3 Å². The Bertz CT molecular complexity index is 883. The fourth-order valence-electron chi connectivity index (χ4n) is 2.61. The topological polar surface area (TPSA) is 74.2 Å². The van der Waals surface area contributed by atoms with E-state index in [1.807, 2.05) is 42.5 Å². The second-order valence-corrected chi connectivity index (χ2v) is 6.21. The van der Waals surface area contributed by atoms with Crippen molar-refractivity contribution in [1.29, 1.82) is 0 Å². The molecular formula is C24H26O6. The minimum Gasteiger partial charge on any atom is -0.497 e. The van der Waals surface area contributed by atoms with Gasteiger partial charge in [-0.05, 0) is 48.9 Å². The van der Waals surface area contributed by atoms with Gasteiger partial charge in [-0.25, -0.2) is 4.79 Å². The van der Waals surface area contributed by atoms with Crippen LogP contribution in [0.4, 0.5) is 0 Å². The highest BCUT2D eigenvalue weighted by Crippen LogP contribution is 2.21. The lowest BCUT2D eigenvalue weighted by Crippen LogP contribution is -2.26. The number of hydrogen-bond acceptors (Lipinski definition) is 5. The third kappa shape index (κ3) is 7.53. The Morgan fingerprint density at radius 3 is 2.30 bits per heavy atom. The molecule has 6 heteroatoms. The van der Waals surface area contributed by atoms with Crippen LogP contribution in [0, 0.1) is 11.8 Å². The predicted molar refractivity (Wildman–Crippen MR) is 114 cm³/mol. The van der Waals surface area contributed by atoms with Crippen LogP contribution < -0.4 is 14.2 Å². The molecule has 0 heterocycles. The number of carboxylic acids is 1. The fourth-order valence-corrected chi connectivity index (χ4v) is 2.61. The average molecular weight is 410 g/mol. The molecule has 1 N–H and O–H groups in total. The quantitative estimate of drug-likeness (QED) is 0.602. The molecule has 2 aromatic carbocycles. The molecule has 0 aliphatic carbocycles. The molecule has 0 radical (unpaired) electrons. The maximum atomic E-state index is 11.2. The van der Waals surface area contributed by atoms with Crippen molar-refractivity contribution in [2.24, 2.45) is 0 Å². The van der Waals surface area contributed by atoms with E-state index < -0.39 is 12.1 Å². The number of carboxylic acid groups (broad SMARTS) is 1. The van der Waals surface area contributed by atoms with Crippen LogP contribution in [0.3, 0.4) is 0 Å². The van der Waals surface area contributed by atoms with Crippen LogP contribution in [0.15, 0.2) is 54.6 Å². The number of rotatable bonds is 10. The van der Waals surface area contributed by atoms with E-state index in [4.69, 9.17) is 24.1 Å². The lowest BCUT2D eigenvalue weighted by Gasteiger charge is -2.12. The summed E-state index contributed by atoms with van der Waals surface area (Å²) in [5.74, 6) is 7.08. The summed E-state index contributed by atoms with van der Waals surface area (Å²) in [5.41, 5.74) is 1.66. The highest BCUT2D eigenvalue weighted by atomic mass is 16.5. The highest BCUT2D eigenvalue weighted by Gasteiger charge is 2.17. The second kappa shape index (κ2) is 12.2. The molecule has 1 unspecified atom stereocenters. The molecule has 2 aromatic rings. The Morgan fingerprint density at radius 1 is 1.07 bits per heavy atom. The first kappa shape index (κ1) is 22.9.